The van der Waals surface area contributed by atoms with E-state index in [4.69, 9.17) is 4.74 Å². The SMILES string of the molecule is COc1ccccc1-c1ccccc1C[C@H]1CN(C(=O)Cc2cccnc2)CCN(C)C1=O. The number of carbonyl (C=O) groups excluding carboxylic acids is 2. The predicted octanol–water partition coefficient (Wildman–Crippen LogP) is 3.46. The van der Waals surface area contributed by atoms with Crippen molar-refractivity contribution in [2.45, 2.75) is 12.8 Å². The second kappa shape index (κ2) is 10.3. The summed E-state index contributed by atoms with van der Waals surface area (Å²) in [5.74, 6) is 0.573. The van der Waals surface area contributed by atoms with Crippen LogP contribution >= 0.6 is 0 Å². The van der Waals surface area contributed by atoms with Gasteiger partial charge in [0.2, 0.25) is 11.8 Å². The summed E-state index contributed by atoms with van der Waals surface area (Å²) in [4.78, 5) is 33.9. The van der Waals surface area contributed by atoms with Crippen LogP contribution in [0.1, 0.15) is 11.1 Å². The molecule has 1 aliphatic heterocycles. The van der Waals surface area contributed by atoms with Crippen LogP contribution in [0.5, 0.6) is 5.75 Å². The van der Waals surface area contributed by atoms with Gasteiger partial charge in [-0.2, -0.15) is 0 Å². The molecule has 33 heavy (non-hydrogen) atoms. The van der Waals surface area contributed by atoms with Gasteiger partial charge in [0.15, 0.2) is 0 Å². The highest BCUT2D eigenvalue weighted by Gasteiger charge is 2.31. The van der Waals surface area contributed by atoms with E-state index in [1.54, 1.807) is 24.4 Å². The first kappa shape index (κ1) is 22.5. The molecule has 0 aliphatic carbocycles. The molecular weight excluding hydrogens is 414 g/mol. The lowest BCUT2D eigenvalue weighted by Crippen LogP contribution is -2.38. The third kappa shape index (κ3) is 5.22. The molecule has 1 aliphatic rings. The van der Waals surface area contributed by atoms with Crippen molar-refractivity contribution in [2.24, 2.45) is 5.92 Å². The van der Waals surface area contributed by atoms with Crippen molar-refractivity contribution in [3.63, 3.8) is 0 Å². The number of benzene rings is 2. The second-order valence-corrected chi connectivity index (χ2v) is 8.40. The van der Waals surface area contributed by atoms with Crippen molar-refractivity contribution in [1.29, 1.82) is 0 Å². The monoisotopic (exact) mass is 443 g/mol. The van der Waals surface area contributed by atoms with Crippen LogP contribution in [-0.4, -0.2) is 60.4 Å². The summed E-state index contributed by atoms with van der Waals surface area (Å²) in [6, 6.07) is 19.7. The first-order chi connectivity index (χ1) is 16.1. The molecule has 170 valence electrons. The predicted molar refractivity (Wildman–Crippen MR) is 128 cm³/mol. The van der Waals surface area contributed by atoms with Crippen LogP contribution in [0.4, 0.5) is 0 Å². The van der Waals surface area contributed by atoms with Gasteiger partial charge in [-0.25, -0.2) is 0 Å². The van der Waals surface area contributed by atoms with E-state index in [1.165, 1.54) is 0 Å². The minimum Gasteiger partial charge on any atom is -0.496 e. The van der Waals surface area contributed by atoms with E-state index in [0.29, 0.717) is 26.1 Å². The lowest BCUT2D eigenvalue weighted by atomic mass is 9.91. The normalized spacial score (nSPS) is 16.4. The molecule has 0 unspecified atom stereocenters. The molecule has 0 N–H and O–H groups in total. The lowest BCUT2D eigenvalue weighted by Gasteiger charge is -2.24. The van der Waals surface area contributed by atoms with Crippen molar-refractivity contribution in [2.75, 3.05) is 33.8 Å². The molecule has 1 fully saturated rings. The van der Waals surface area contributed by atoms with Gasteiger partial charge in [0, 0.05) is 44.6 Å². The number of ether oxygens (including phenoxy) is 1. The van der Waals surface area contributed by atoms with Gasteiger partial charge < -0.3 is 14.5 Å². The number of carbonyl (C=O) groups is 2. The summed E-state index contributed by atoms with van der Waals surface area (Å²) in [6.07, 6.45) is 4.25. The molecule has 6 nitrogen and oxygen atoms in total. The molecule has 4 rings (SSSR count). The first-order valence-corrected chi connectivity index (χ1v) is 11.2. The minimum atomic E-state index is -0.314. The average molecular weight is 444 g/mol. The number of rotatable bonds is 6. The third-order valence-electron chi connectivity index (χ3n) is 6.18. The van der Waals surface area contributed by atoms with E-state index in [1.807, 2.05) is 60.5 Å². The lowest BCUT2D eigenvalue weighted by molar-refractivity contribution is -0.133. The van der Waals surface area contributed by atoms with Gasteiger partial charge in [-0.3, -0.25) is 14.6 Å². The Labute approximate surface area is 194 Å². The van der Waals surface area contributed by atoms with Crippen LogP contribution in [0.25, 0.3) is 11.1 Å². The van der Waals surface area contributed by atoms with E-state index < -0.39 is 0 Å². The molecule has 6 heteroatoms. The van der Waals surface area contributed by atoms with E-state index in [0.717, 1.165) is 28.0 Å². The van der Waals surface area contributed by atoms with E-state index >= 15 is 0 Å². The molecular formula is C27H29N3O3. The summed E-state index contributed by atoms with van der Waals surface area (Å²) in [5, 5.41) is 0. The molecule has 0 spiro atoms. The molecule has 1 aromatic heterocycles. The summed E-state index contributed by atoms with van der Waals surface area (Å²) in [7, 11) is 3.48. The van der Waals surface area contributed by atoms with Crippen molar-refractivity contribution in [1.82, 2.24) is 14.8 Å². The standard InChI is InChI=1S/C27H29N3O3/c1-29-14-15-30(26(31)16-20-8-7-13-28-18-20)19-22(27(29)32)17-21-9-3-4-10-23(21)24-11-5-6-12-25(24)33-2/h3-13,18,22H,14-17,19H2,1-2H3/t22-/m0/s1. The molecule has 1 atom stereocenters. The number of hydrogen-bond acceptors (Lipinski definition) is 4. The zero-order valence-corrected chi connectivity index (χ0v) is 19.1. The summed E-state index contributed by atoms with van der Waals surface area (Å²) in [6.45, 7) is 1.47. The van der Waals surface area contributed by atoms with Crippen LogP contribution in [0.3, 0.4) is 0 Å². The number of hydrogen-bond donors (Lipinski definition) is 0. The second-order valence-electron chi connectivity index (χ2n) is 8.40. The van der Waals surface area contributed by atoms with Crippen molar-refractivity contribution in [3.8, 4) is 16.9 Å². The number of aromatic nitrogens is 1. The van der Waals surface area contributed by atoms with Crippen LogP contribution in [0.15, 0.2) is 73.1 Å². The van der Waals surface area contributed by atoms with E-state index in [2.05, 4.69) is 17.1 Å². The first-order valence-electron chi connectivity index (χ1n) is 11.2. The van der Waals surface area contributed by atoms with Crippen LogP contribution in [-0.2, 0) is 22.4 Å². The summed E-state index contributed by atoms with van der Waals surface area (Å²) >= 11 is 0. The van der Waals surface area contributed by atoms with E-state index in [-0.39, 0.29) is 24.2 Å². The van der Waals surface area contributed by atoms with Crippen LogP contribution in [0, 0.1) is 5.92 Å². The van der Waals surface area contributed by atoms with Gasteiger partial charge in [-0.05, 0) is 35.2 Å². The highest BCUT2D eigenvalue weighted by molar-refractivity contribution is 5.83. The Kier molecular flexibility index (Phi) is 7.03. The van der Waals surface area contributed by atoms with Crippen LogP contribution < -0.4 is 4.74 Å². The van der Waals surface area contributed by atoms with Gasteiger partial charge in [-0.15, -0.1) is 0 Å². The maximum absolute atomic E-state index is 13.2. The molecule has 2 aromatic carbocycles. The summed E-state index contributed by atoms with van der Waals surface area (Å²) < 4.78 is 5.57. The molecule has 2 heterocycles. The highest BCUT2D eigenvalue weighted by Crippen LogP contribution is 2.33. The van der Waals surface area contributed by atoms with Gasteiger partial charge in [0.25, 0.3) is 0 Å². The van der Waals surface area contributed by atoms with Gasteiger partial charge >= 0.3 is 0 Å². The van der Waals surface area contributed by atoms with Crippen molar-refractivity contribution < 1.29 is 14.3 Å². The number of amides is 2. The Morgan fingerprint density at radius 1 is 1.03 bits per heavy atom. The molecule has 2 amide bonds. The third-order valence-corrected chi connectivity index (χ3v) is 6.18. The maximum Gasteiger partial charge on any atom is 0.227 e. The van der Waals surface area contributed by atoms with Gasteiger partial charge in [0.05, 0.1) is 19.4 Å². The molecule has 1 saturated heterocycles. The number of methoxy groups -OCH3 is 1. The van der Waals surface area contributed by atoms with Gasteiger partial charge in [0.1, 0.15) is 5.75 Å². The Hall–Kier alpha value is -3.67. The molecule has 0 saturated carbocycles. The maximum atomic E-state index is 13.2. The largest absolute Gasteiger partial charge is 0.496 e. The molecule has 0 bridgehead atoms. The fourth-order valence-corrected chi connectivity index (χ4v) is 4.39. The zero-order chi connectivity index (χ0) is 23.2. The Morgan fingerprint density at radius 3 is 2.55 bits per heavy atom. The quantitative estimate of drug-likeness (QED) is 0.585. The average Bonchev–Trinajstić information content (AvgIpc) is 2.99. The number of likely N-dealkylation sites (N-methyl/N-ethyl adjacent to an activating group) is 1. The topological polar surface area (TPSA) is 62.7 Å². The fourth-order valence-electron chi connectivity index (χ4n) is 4.39. The fraction of sp³-hybridized carbons (Fsp3) is 0.296. The van der Waals surface area contributed by atoms with Crippen LogP contribution in [0.2, 0.25) is 0 Å². The Morgan fingerprint density at radius 2 is 1.79 bits per heavy atom. The van der Waals surface area contributed by atoms with Crippen molar-refractivity contribution in [3.05, 3.63) is 84.2 Å². The number of pyridine rings is 1. The number of nitrogens with zero attached hydrogens (tertiary/aromatic N) is 3. The minimum absolute atomic E-state index is 0.0223. The zero-order valence-electron chi connectivity index (χ0n) is 19.1. The smallest absolute Gasteiger partial charge is 0.227 e. The Balaban J connectivity index is 1.59. The highest BCUT2D eigenvalue weighted by atomic mass is 16.5. The van der Waals surface area contributed by atoms with Gasteiger partial charge in [-0.1, -0.05) is 48.5 Å². The van der Waals surface area contributed by atoms with E-state index in [9.17, 15) is 9.59 Å². The number of para-hydroxylation sites is 1. The molecule has 3 aromatic rings. The van der Waals surface area contributed by atoms with Crippen molar-refractivity contribution >= 4 is 11.8 Å². The molecule has 0 radical (unpaired) electrons. The Bertz CT molecular complexity index is 1120. The summed E-state index contributed by atoms with van der Waals surface area (Å²) in [5.41, 5.74) is 3.98.